The molecular formula is C40H26N2. The number of benzene rings is 6. The van der Waals surface area contributed by atoms with Crippen LogP contribution >= 0.6 is 0 Å². The van der Waals surface area contributed by atoms with Gasteiger partial charge in [-0.3, -0.25) is 4.98 Å². The van der Waals surface area contributed by atoms with Crippen molar-refractivity contribution < 1.29 is 0 Å². The lowest BCUT2D eigenvalue weighted by Crippen LogP contribution is -1.92. The zero-order valence-corrected chi connectivity index (χ0v) is 22.9. The summed E-state index contributed by atoms with van der Waals surface area (Å²) in [5.41, 5.74) is 10.1. The van der Waals surface area contributed by atoms with E-state index in [1.54, 1.807) is 0 Å². The first kappa shape index (κ1) is 24.2. The van der Waals surface area contributed by atoms with Gasteiger partial charge in [-0.25, -0.2) is 4.98 Å². The van der Waals surface area contributed by atoms with E-state index < -0.39 is 0 Å². The average Bonchev–Trinajstić information content (AvgIpc) is 3.07. The molecule has 0 atom stereocenters. The minimum atomic E-state index is 0.969. The molecule has 0 spiro atoms. The molecular weight excluding hydrogens is 508 g/mol. The molecule has 0 N–H and O–H groups in total. The fraction of sp³-hybridized carbons (Fsp3) is 0. The summed E-state index contributed by atoms with van der Waals surface area (Å²) in [6, 6.07) is 52.1. The van der Waals surface area contributed by atoms with Crippen molar-refractivity contribution in [2.24, 2.45) is 0 Å². The van der Waals surface area contributed by atoms with Crippen molar-refractivity contribution in [2.75, 3.05) is 0 Å². The third-order valence-corrected chi connectivity index (χ3v) is 8.12. The molecule has 8 aromatic rings. The van der Waals surface area contributed by atoms with Gasteiger partial charge in [0.2, 0.25) is 0 Å². The minimum Gasteiger partial charge on any atom is -0.265 e. The molecule has 2 nitrogen and oxygen atoms in total. The fourth-order valence-corrected chi connectivity index (χ4v) is 5.92. The van der Waals surface area contributed by atoms with Gasteiger partial charge >= 0.3 is 0 Å². The molecule has 6 aromatic carbocycles. The van der Waals surface area contributed by atoms with E-state index in [1.165, 1.54) is 38.2 Å². The molecule has 0 aliphatic heterocycles. The van der Waals surface area contributed by atoms with Crippen LogP contribution in [0.1, 0.15) is 0 Å². The molecule has 196 valence electrons. The van der Waals surface area contributed by atoms with Crippen molar-refractivity contribution in [1.82, 2.24) is 9.97 Å². The van der Waals surface area contributed by atoms with Crippen LogP contribution in [0, 0.1) is 0 Å². The summed E-state index contributed by atoms with van der Waals surface area (Å²) < 4.78 is 0. The lowest BCUT2D eigenvalue weighted by Gasteiger charge is -2.14. The van der Waals surface area contributed by atoms with Crippen LogP contribution in [-0.2, 0) is 0 Å². The highest BCUT2D eigenvalue weighted by molar-refractivity contribution is 6.00. The lowest BCUT2D eigenvalue weighted by atomic mass is 9.93. The SMILES string of the molecule is c1cc(-c2ccncc2)cc(-c2cc(-c3ccc4ccccc4c3)nc3ccc(-c4ccc5ccccc5c4)cc23)c1. The Morgan fingerprint density at radius 3 is 1.71 bits per heavy atom. The Balaban J connectivity index is 1.34. The first-order valence-corrected chi connectivity index (χ1v) is 14.2. The molecule has 2 heteroatoms. The predicted molar refractivity (Wildman–Crippen MR) is 176 cm³/mol. The highest BCUT2D eigenvalue weighted by atomic mass is 14.7. The monoisotopic (exact) mass is 534 g/mol. The second-order valence-electron chi connectivity index (χ2n) is 10.7. The van der Waals surface area contributed by atoms with Gasteiger partial charge < -0.3 is 0 Å². The van der Waals surface area contributed by atoms with Gasteiger partial charge in [-0.1, -0.05) is 97.1 Å². The summed E-state index contributed by atoms with van der Waals surface area (Å²) in [5, 5.41) is 6.07. The first-order valence-electron chi connectivity index (χ1n) is 14.2. The first-order chi connectivity index (χ1) is 20.8. The van der Waals surface area contributed by atoms with Gasteiger partial charge in [-0.2, -0.15) is 0 Å². The summed E-state index contributed by atoms with van der Waals surface area (Å²) in [5.74, 6) is 0. The van der Waals surface area contributed by atoms with Crippen molar-refractivity contribution >= 4 is 32.4 Å². The van der Waals surface area contributed by atoms with E-state index >= 15 is 0 Å². The Hall–Kier alpha value is -5.60. The molecule has 0 radical (unpaired) electrons. The average molecular weight is 535 g/mol. The number of pyridine rings is 2. The number of aromatic nitrogens is 2. The number of hydrogen-bond donors (Lipinski definition) is 0. The van der Waals surface area contributed by atoms with E-state index in [9.17, 15) is 0 Å². The highest BCUT2D eigenvalue weighted by Gasteiger charge is 2.13. The van der Waals surface area contributed by atoms with Crippen LogP contribution in [0.2, 0.25) is 0 Å². The maximum absolute atomic E-state index is 5.20. The second-order valence-corrected chi connectivity index (χ2v) is 10.7. The molecule has 2 heterocycles. The van der Waals surface area contributed by atoms with Crippen molar-refractivity contribution in [3.05, 3.63) is 158 Å². The molecule has 0 amide bonds. The zero-order chi connectivity index (χ0) is 27.9. The Morgan fingerprint density at radius 2 is 0.952 bits per heavy atom. The Bertz CT molecular complexity index is 2250. The Labute approximate surface area is 244 Å². The molecule has 0 fully saturated rings. The maximum Gasteiger partial charge on any atom is 0.0716 e. The molecule has 42 heavy (non-hydrogen) atoms. The van der Waals surface area contributed by atoms with Gasteiger partial charge in [-0.15, -0.1) is 0 Å². The minimum absolute atomic E-state index is 0.969. The van der Waals surface area contributed by atoms with Gasteiger partial charge in [0.25, 0.3) is 0 Å². The van der Waals surface area contributed by atoms with Crippen LogP contribution in [0.4, 0.5) is 0 Å². The number of hydrogen-bond acceptors (Lipinski definition) is 2. The van der Waals surface area contributed by atoms with E-state index in [4.69, 9.17) is 4.98 Å². The lowest BCUT2D eigenvalue weighted by molar-refractivity contribution is 1.33. The Morgan fingerprint density at radius 1 is 0.357 bits per heavy atom. The van der Waals surface area contributed by atoms with E-state index in [1.807, 2.05) is 12.4 Å². The van der Waals surface area contributed by atoms with Crippen LogP contribution in [-0.4, -0.2) is 9.97 Å². The highest BCUT2D eigenvalue weighted by Crippen LogP contribution is 2.37. The van der Waals surface area contributed by atoms with Gasteiger partial charge in [0.05, 0.1) is 11.2 Å². The van der Waals surface area contributed by atoms with Crippen molar-refractivity contribution in [1.29, 1.82) is 0 Å². The smallest absolute Gasteiger partial charge is 0.0716 e. The molecule has 0 saturated carbocycles. The topological polar surface area (TPSA) is 25.8 Å². The Kier molecular flexibility index (Phi) is 5.82. The molecule has 8 rings (SSSR count). The zero-order valence-electron chi connectivity index (χ0n) is 22.9. The summed E-state index contributed by atoms with van der Waals surface area (Å²) in [6.07, 6.45) is 3.69. The second kappa shape index (κ2) is 10.1. The van der Waals surface area contributed by atoms with Crippen LogP contribution in [0.25, 0.3) is 77.1 Å². The third kappa shape index (κ3) is 4.40. The quantitative estimate of drug-likeness (QED) is 0.224. The number of rotatable bonds is 4. The van der Waals surface area contributed by atoms with E-state index in [0.717, 1.165) is 38.9 Å². The van der Waals surface area contributed by atoms with Gasteiger partial charge in [0.1, 0.15) is 0 Å². The molecule has 0 aliphatic carbocycles. The largest absolute Gasteiger partial charge is 0.265 e. The summed E-state index contributed by atoms with van der Waals surface area (Å²) in [6.45, 7) is 0. The molecule has 0 bridgehead atoms. The van der Waals surface area contributed by atoms with Crippen LogP contribution < -0.4 is 0 Å². The normalized spacial score (nSPS) is 11.3. The van der Waals surface area contributed by atoms with Crippen molar-refractivity contribution in [2.45, 2.75) is 0 Å². The number of nitrogens with zero attached hydrogens (tertiary/aromatic N) is 2. The van der Waals surface area contributed by atoms with Crippen molar-refractivity contribution in [3.63, 3.8) is 0 Å². The third-order valence-electron chi connectivity index (χ3n) is 8.12. The van der Waals surface area contributed by atoms with Crippen LogP contribution in [0.3, 0.4) is 0 Å². The van der Waals surface area contributed by atoms with E-state index in [2.05, 4.69) is 151 Å². The maximum atomic E-state index is 5.20. The molecule has 0 unspecified atom stereocenters. The summed E-state index contributed by atoms with van der Waals surface area (Å²) >= 11 is 0. The van der Waals surface area contributed by atoms with Gasteiger partial charge in [-0.05, 0) is 103 Å². The van der Waals surface area contributed by atoms with Crippen LogP contribution in [0.5, 0.6) is 0 Å². The summed E-state index contributed by atoms with van der Waals surface area (Å²) in [4.78, 5) is 9.40. The molecule has 2 aromatic heterocycles. The fourth-order valence-electron chi connectivity index (χ4n) is 5.92. The van der Waals surface area contributed by atoms with Crippen LogP contribution in [0.15, 0.2) is 158 Å². The van der Waals surface area contributed by atoms with E-state index in [0.29, 0.717) is 0 Å². The molecule has 0 aliphatic rings. The van der Waals surface area contributed by atoms with Gasteiger partial charge in [0.15, 0.2) is 0 Å². The number of fused-ring (bicyclic) bond motifs is 3. The predicted octanol–water partition coefficient (Wildman–Crippen LogP) is 10.6. The standard InChI is InChI=1S/C40H26N2/c1-3-8-30-22-33(14-12-27(30)6-1)34-16-17-39-38(25-34)37(35-11-5-10-32(23-35)29-18-20-41-21-19-29)26-40(42-39)36-15-13-28-7-2-4-9-31(28)24-36/h1-26H. The summed E-state index contributed by atoms with van der Waals surface area (Å²) in [7, 11) is 0. The van der Waals surface area contributed by atoms with E-state index in [-0.39, 0.29) is 0 Å². The van der Waals surface area contributed by atoms with Crippen molar-refractivity contribution in [3.8, 4) is 44.6 Å². The molecule has 0 saturated heterocycles. The van der Waals surface area contributed by atoms with Gasteiger partial charge in [0, 0.05) is 23.3 Å².